The van der Waals surface area contributed by atoms with E-state index in [1.165, 1.54) is 3.58 Å². The summed E-state index contributed by atoms with van der Waals surface area (Å²) in [5.74, 6) is 0. The third-order valence-electron chi connectivity index (χ3n) is 2.50. The summed E-state index contributed by atoms with van der Waals surface area (Å²) in [6.07, 6.45) is 16.0. The maximum absolute atomic E-state index is 10.6. The molecule has 0 heterocycles. The van der Waals surface area contributed by atoms with Gasteiger partial charge in [-0.2, -0.15) is 0 Å². The van der Waals surface area contributed by atoms with Gasteiger partial charge in [0.15, 0.2) is 0 Å². The second-order valence-corrected chi connectivity index (χ2v) is 7.18. The van der Waals surface area contributed by atoms with Crippen LogP contribution in [-0.4, -0.2) is 14.9 Å². The van der Waals surface area contributed by atoms with Crippen molar-refractivity contribution in [1.82, 2.24) is 0 Å². The van der Waals surface area contributed by atoms with Gasteiger partial charge in [0.2, 0.25) is 0 Å². The van der Waals surface area contributed by atoms with Crippen LogP contribution in [0.3, 0.4) is 0 Å². The Kier molecular flexibility index (Phi) is 3.93. The van der Waals surface area contributed by atoms with Crippen molar-refractivity contribution >= 4 is 0 Å². The van der Waals surface area contributed by atoms with Gasteiger partial charge in [0.05, 0.1) is 0 Å². The molecule has 0 aromatic carbocycles. The molecule has 16 heavy (non-hydrogen) atoms. The molecule has 0 aromatic rings. The minimum absolute atomic E-state index is 0.0431. The predicted molar refractivity (Wildman–Crippen MR) is 59.3 cm³/mol. The average Bonchev–Trinajstić information content (AvgIpc) is 2.31. The van der Waals surface area contributed by atoms with E-state index in [2.05, 4.69) is 24.3 Å². The van der Waals surface area contributed by atoms with Gasteiger partial charge >= 0.3 is 105 Å². The van der Waals surface area contributed by atoms with Crippen molar-refractivity contribution in [2.24, 2.45) is 0 Å². The van der Waals surface area contributed by atoms with Crippen LogP contribution in [-0.2, 0) is 0 Å². The van der Waals surface area contributed by atoms with Crippen molar-refractivity contribution in [1.29, 1.82) is 0 Å². The summed E-state index contributed by atoms with van der Waals surface area (Å²) in [7, 11) is 0. The van der Waals surface area contributed by atoms with Crippen molar-refractivity contribution in [2.45, 2.75) is 22.8 Å². The molecule has 0 aliphatic heterocycles. The minimum atomic E-state index is -0.505. The summed E-state index contributed by atoms with van der Waals surface area (Å²) in [6, 6.07) is -0.505. The number of hydrogen-bond donors (Lipinski definition) is 0. The van der Waals surface area contributed by atoms with Gasteiger partial charge in [-0.1, -0.05) is 0 Å². The van der Waals surface area contributed by atoms with E-state index >= 15 is 0 Å². The average molecular weight is 330 g/mol. The third kappa shape index (κ3) is 3.04. The molecule has 4 heteroatoms. The van der Waals surface area contributed by atoms with Crippen LogP contribution < -0.4 is 21.2 Å². The summed E-state index contributed by atoms with van der Waals surface area (Å²) in [5, 5.41) is 10.6. The van der Waals surface area contributed by atoms with E-state index < -0.39 is 6.04 Å². The number of nitro groups is 1. The Morgan fingerprint density at radius 1 is 1.31 bits per heavy atom. The molecule has 0 saturated carbocycles. The molecule has 0 aromatic heterocycles. The van der Waals surface area contributed by atoms with E-state index in [-0.39, 0.29) is 26.1 Å². The normalized spacial score (nSPS) is 28.1. The van der Waals surface area contributed by atoms with Crippen LogP contribution in [0.15, 0.2) is 46.1 Å². The van der Waals surface area contributed by atoms with Crippen LogP contribution in [0, 0.1) is 10.1 Å². The van der Waals surface area contributed by atoms with Gasteiger partial charge in [0.1, 0.15) is 0 Å². The van der Waals surface area contributed by atoms with E-state index in [9.17, 15) is 10.1 Å². The molecule has 2 unspecified atom stereocenters. The van der Waals surface area contributed by atoms with E-state index in [0.717, 1.165) is 6.42 Å². The first-order valence-electron chi connectivity index (χ1n) is 5.24. The quantitative estimate of drug-likeness (QED) is 0.302. The number of nitrogens with zero attached hydrogens (tertiary/aromatic N) is 1. The molecule has 0 amide bonds. The molecule has 3 nitrogen and oxygen atoms in total. The molecular weight excluding hydrogens is 317 g/mol. The number of alkyl halides is 1. The Hall–Kier alpha value is -0.910. The zero-order chi connectivity index (χ0) is 11.4. The van der Waals surface area contributed by atoms with Crippen molar-refractivity contribution < 1.29 is 26.1 Å². The Balaban J connectivity index is 1.89. The van der Waals surface area contributed by atoms with Crippen LogP contribution >= 0.6 is 0 Å². The van der Waals surface area contributed by atoms with Crippen molar-refractivity contribution in [3.8, 4) is 0 Å². The Morgan fingerprint density at radius 2 is 2.19 bits per heavy atom. The summed E-state index contributed by atoms with van der Waals surface area (Å²) in [4.78, 5) is 10.3. The molecule has 0 spiro atoms. The summed E-state index contributed by atoms with van der Waals surface area (Å²) < 4.78 is 1.99. The van der Waals surface area contributed by atoms with Crippen molar-refractivity contribution in [3.05, 3.63) is 56.2 Å². The molecule has 0 radical (unpaired) electrons. The first kappa shape index (κ1) is 11.6. The van der Waals surface area contributed by atoms with Crippen LogP contribution in [0.1, 0.15) is 12.8 Å². The van der Waals surface area contributed by atoms with Crippen LogP contribution in [0.2, 0.25) is 0 Å². The summed E-state index contributed by atoms with van der Waals surface area (Å²) in [6.45, 7) is 0. The molecule has 0 N–H and O–H groups in total. The second kappa shape index (κ2) is 5.43. The van der Waals surface area contributed by atoms with Gasteiger partial charge in [0, 0.05) is 0 Å². The molecule has 0 saturated heterocycles. The van der Waals surface area contributed by atoms with E-state index in [1.54, 1.807) is 6.08 Å². The Bertz CT molecular complexity index is 396. The van der Waals surface area contributed by atoms with Gasteiger partial charge in [0.25, 0.3) is 0 Å². The fourth-order valence-electron chi connectivity index (χ4n) is 1.61. The summed E-state index contributed by atoms with van der Waals surface area (Å²) >= 11 is -0.0431. The van der Waals surface area contributed by atoms with Crippen molar-refractivity contribution in [3.63, 3.8) is 0 Å². The number of halogens is 1. The Morgan fingerprint density at radius 3 is 2.75 bits per heavy atom. The molecule has 86 valence electrons. The van der Waals surface area contributed by atoms with Crippen LogP contribution in [0.4, 0.5) is 0 Å². The number of hydrogen-bond acceptors (Lipinski definition) is 2. The fraction of sp³-hybridized carbons (Fsp3) is 0.333. The fourth-order valence-corrected chi connectivity index (χ4v) is 4.46. The van der Waals surface area contributed by atoms with Crippen molar-refractivity contribution in [2.75, 3.05) is 0 Å². The molecule has 2 aliphatic carbocycles. The van der Waals surface area contributed by atoms with E-state index in [1.807, 2.05) is 12.2 Å². The standard InChI is InChI=1S/C12H13INO2/c15-14(16)12-8-6-11(7-9-12)13-10-4-2-1-3-5-10/h1-4,6-8,10,12H,5,9H2/q-1. The molecule has 2 atom stereocenters. The summed E-state index contributed by atoms with van der Waals surface area (Å²) in [5.41, 5.74) is 0. The van der Waals surface area contributed by atoms with Gasteiger partial charge in [-0.15, -0.1) is 0 Å². The third-order valence-corrected chi connectivity index (χ3v) is 5.74. The monoisotopic (exact) mass is 330 g/mol. The van der Waals surface area contributed by atoms with Gasteiger partial charge in [-0.3, -0.25) is 0 Å². The molecule has 0 fully saturated rings. The second-order valence-electron chi connectivity index (χ2n) is 3.71. The first-order valence-corrected chi connectivity index (χ1v) is 7.57. The van der Waals surface area contributed by atoms with Gasteiger partial charge in [-0.25, -0.2) is 0 Å². The van der Waals surface area contributed by atoms with E-state index in [0.29, 0.717) is 10.3 Å². The number of allylic oxidation sites excluding steroid dienone is 6. The van der Waals surface area contributed by atoms with Gasteiger partial charge < -0.3 is 0 Å². The molecule has 2 rings (SSSR count). The molecule has 0 bridgehead atoms. The first-order chi connectivity index (χ1) is 7.75. The molecular formula is C12H13INO2-. The predicted octanol–water partition coefficient (Wildman–Crippen LogP) is -0.551. The number of rotatable bonds is 3. The SMILES string of the molecule is O=[N+]([O-])C1C=CC([I-]C2C=CC=CC2)=CC1. The zero-order valence-corrected chi connectivity index (χ0v) is 10.9. The van der Waals surface area contributed by atoms with E-state index in [4.69, 9.17) is 0 Å². The maximum atomic E-state index is 10.6. The van der Waals surface area contributed by atoms with Gasteiger partial charge in [-0.05, 0) is 0 Å². The topological polar surface area (TPSA) is 43.1 Å². The Labute approximate surface area is 105 Å². The molecule has 2 aliphatic rings. The van der Waals surface area contributed by atoms with Crippen LogP contribution in [0.25, 0.3) is 0 Å². The zero-order valence-electron chi connectivity index (χ0n) is 8.75. The van der Waals surface area contributed by atoms with Crippen LogP contribution in [0.5, 0.6) is 0 Å².